The van der Waals surface area contributed by atoms with E-state index >= 15 is 0 Å². The minimum Gasteiger partial charge on any atom is -0.346 e. The van der Waals surface area contributed by atoms with Crippen LogP contribution in [0.25, 0.3) is 0 Å². The van der Waals surface area contributed by atoms with Crippen LogP contribution in [0, 0.1) is 0 Å². The van der Waals surface area contributed by atoms with Gasteiger partial charge in [0.05, 0.1) is 36.1 Å². The average Bonchev–Trinajstić information content (AvgIpc) is 3.27. The van der Waals surface area contributed by atoms with Gasteiger partial charge in [0, 0.05) is 17.6 Å². The fraction of sp³-hybridized carbons (Fsp3) is 0.227. The van der Waals surface area contributed by atoms with Crippen molar-refractivity contribution in [2.45, 2.75) is 10.9 Å². The molecule has 2 N–H and O–H groups in total. The summed E-state index contributed by atoms with van der Waals surface area (Å²) in [6.45, 7) is 0.446. The molecule has 1 heterocycles. The predicted octanol–water partition coefficient (Wildman–Crippen LogP) is 2.84. The molecule has 0 radical (unpaired) electrons. The molecule has 1 aromatic heterocycles. The van der Waals surface area contributed by atoms with Crippen LogP contribution in [0.3, 0.4) is 0 Å². The molecule has 0 aliphatic rings. The summed E-state index contributed by atoms with van der Waals surface area (Å²) in [5.74, 6) is -0.315. The molecule has 6 nitrogen and oxygen atoms in total. The third-order valence-electron chi connectivity index (χ3n) is 4.98. The molecule has 31 heavy (non-hydrogen) atoms. The van der Waals surface area contributed by atoms with Gasteiger partial charge in [-0.25, -0.2) is 8.42 Å². The van der Waals surface area contributed by atoms with Gasteiger partial charge in [-0.1, -0.05) is 29.8 Å². The number of sulfonamides is 1. The second-order valence-electron chi connectivity index (χ2n) is 7.34. The van der Waals surface area contributed by atoms with Crippen LogP contribution in [0.1, 0.15) is 21.3 Å². The Morgan fingerprint density at radius 1 is 1.13 bits per heavy atom. The maximum Gasteiger partial charge on any atom is 0.264 e. The minimum absolute atomic E-state index is 0.0377. The van der Waals surface area contributed by atoms with Gasteiger partial charge in [-0.05, 0) is 47.8 Å². The first-order valence-corrected chi connectivity index (χ1v) is 12.4. The number of carbonyl (C=O) groups is 1. The number of hydrogen-bond donors (Lipinski definition) is 2. The van der Waals surface area contributed by atoms with E-state index in [1.807, 2.05) is 31.6 Å². The second kappa shape index (κ2) is 9.82. The van der Waals surface area contributed by atoms with E-state index in [4.69, 9.17) is 11.6 Å². The Bertz CT molecular complexity index is 1150. The standard InChI is InChI=1S/C22H24ClN3O3S2/c1-25(2)20(21-11-6-12-30-21)15-24-22(27)16-7-4-10-19(13-16)31(28,29)26(3)18-9-5-8-17(23)14-18/h4-14,20H,15H2,1-3H3,(H,24,27)/p+1/t20-/m0/s1. The van der Waals surface area contributed by atoms with Crippen LogP contribution in [-0.4, -0.2) is 42.0 Å². The van der Waals surface area contributed by atoms with E-state index in [0.717, 1.165) is 4.31 Å². The van der Waals surface area contributed by atoms with Crippen molar-refractivity contribution in [1.82, 2.24) is 5.32 Å². The van der Waals surface area contributed by atoms with E-state index < -0.39 is 10.0 Å². The highest BCUT2D eigenvalue weighted by Gasteiger charge is 2.24. The van der Waals surface area contributed by atoms with Crippen molar-refractivity contribution in [2.24, 2.45) is 0 Å². The molecule has 0 aliphatic carbocycles. The highest BCUT2D eigenvalue weighted by atomic mass is 35.5. The van der Waals surface area contributed by atoms with Gasteiger partial charge in [0.2, 0.25) is 0 Å². The van der Waals surface area contributed by atoms with Gasteiger partial charge >= 0.3 is 0 Å². The number of nitrogens with zero attached hydrogens (tertiary/aromatic N) is 1. The lowest BCUT2D eigenvalue weighted by Gasteiger charge is -2.21. The van der Waals surface area contributed by atoms with Crippen LogP contribution >= 0.6 is 22.9 Å². The molecule has 164 valence electrons. The van der Waals surface area contributed by atoms with Crippen LogP contribution in [0.15, 0.2) is 70.9 Å². The smallest absolute Gasteiger partial charge is 0.264 e. The Morgan fingerprint density at radius 3 is 2.52 bits per heavy atom. The molecule has 0 fully saturated rings. The number of rotatable bonds is 8. The van der Waals surface area contributed by atoms with Crippen molar-refractivity contribution in [3.05, 3.63) is 81.5 Å². The number of halogens is 1. The average molecular weight is 479 g/mol. The lowest BCUT2D eigenvalue weighted by Crippen LogP contribution is -3.06. The summed E-state index contributed by atoms with van der Waals surface area (Å²) in [6.07, 6.45) is 0. The first-order valence-electron chi connectivity index (χ1n) is 9.66. The molecule has 9 heteroatoms. The van der Waals surface area contributed by atoms with E-state index in [-0.39, 0.29) is 16.8 Å². The number of hydrogen-bond acceptors (Lipinski definition) is 4. The number of benzene rings is 2. The fourth-order valence-corrected chi connectivity index (χ4v) is 5.52. The van der Waals surface area contributed by atoms with Gasteiger partial charge < -0.3 is 10.2 Å². The summed E-state index contributed by atoms with van der Waals surface area (Å²) in [6, 6.07) is 16.8. The summed E-state index contributed by atoms with van der Waals surface area (Å²) in [7, 11) is 1.68. The van der Waals surface area contributed by atoms with Crippen molar-refractivity contribution in [1.29, 1.82) is 0 Å². The van der Waals surface area contributed by atoms with Gasteiger partial charge in [0.1, 0.15) is 6.04 Å². The number of quaternary nitrogens is 1. The molecule has 3 aromatic rings. The van der Waals surface area contributed by atoms with Crippen molar-refractivity contribution in [3.63, 3.8) is 0 Å². The van der Waals surface area contributed by atoms with E-state index in [9.17, 15) is 13.2 Å². The van der Waals surface area contributed by atoms with Crippen molar-refractivity contribution >= 4 is 44.6 Å². The highest BCUT2D eigenvalue weighted by Crippen LogP contribution is 2.25. The quantitative estimate of drug-likeness (QED) is 0.523. The zero-order valence-electron chi connectivity index (χ0n) is 17.5. The van der Waals surface area contributed by atoms with Gasteiger partial charge in [-0.3, -0.25) is 9.10 Å². The SMILES string of the molecule is CN(c1cccc(Cl)c1)S(=O)(=O)c1cccc(C(=O)NC[C@@H](c2cccs2)[NH+](C)C)c1. The van der Waals surface area contributed by atoms with Crippen molar-refractivity contribution in [2.75, 3.05) is 32.0 Å². The van der Waals surface area contributed by atoms with Gasteiger partial charge in [0.15, 0.2) is 0 Å². The number of amides is 1. The molecule has 1 atom stereocenters. The molecule has 3 rings (SSSR count). The lowest BCUT2D eigenvalue weighted by atomic mass is 10.2. The summed E-state index contributed by atoms with van der Waals surface area (Å²) in [4.78, 5) is 15.2. The Labute approximate surface area is 192 Å². The molecular weight excluding hydrogens is 454 g/mol. The molecule has 0 unspecified atom stereocenters. The Kier molecular flexibility index (Phi) is 7.38. The molecule has 0 saturated heterocycles. The summed E-state index contributed by atoms with van der Waals surface area (Å²) in [5.41, 5.74) is 0.731. The van der Waals surface area contributed by atoms with Gasteiger partial charge in [-0.15, -0.1) is 11.3 Å². The highest BCUT2D eigenvalue weighted by molar-refractivity contribution is 7.92. The Balaban J connectivity index is 1.78. The maximum atomic E-state index is 13.1. The number of likely N-dealkylation sites (N-methyl/N-ethyl adjacent to an activating group) is 1. The topological polar surface area (TPSA) is 70.9 Å². The monoisotopic (exact) mass is 478 g/mol. The molecule has 1 amide bonds. The minimum atomic E-state index is -3.85. The van der Waals surface area contributed by atoms with Crippen molar-refractivity contribution < 1.29 is 18.1 Å². The van der Waals surface area contributed by atoms with Crippen LogP contribution in [-0.2, 0) is 10.0 Å². The molecule has 0 spiro atoms. The normalized spacial score (nSPS) is 12.5. The van der Waals surface area contributed by atoms with E-state index in [1.54, 1.807) is 47.7 Å². The molecular formula is C22H25ClN3O3S2+. The van der Waals surface area contributed by atoms with E-state index in [2.05, 4.69) is 5.32 Å². The molecule has 0 aliphatic heterocycles. The van der Waals surface area contributed by atoms with Crippen LogP contribution in [0.5, 0.6) is 0 Å². The molecule has 0 saturated carbocycles. The van der Waals surface area contributed by atoms with Crippen LogP contribution in [0.4, 0.5) is 5.69 Å². The third-order valence-corrected chi connectivity index (χ3v) is 7.98. The van der Waals surface area contributed by atoms with Crippen LogP contribution < -0.4 is 14.5 Å². The van der Waals surface area contributed by atoms with E-state index in [1.165, 1.54) is 29.0 Å². The largest absolute Gasteiger partial charge is 0.346 e. The summed E-state index contributed by atoms with van der Waals surface area (Å²) >= 11 is 7.64. The maximum absolute atomic E-state index is 13.1. The zero-order chi connectivity index (χ0) is 22.6. The predicted molar refractivity (Wildman–Crippen MR) is 126 cm³/mol. The number of nitrogens with one attached hydrogen (secondary N) is 2. The fourth-order valence-electron chi connectivity index (χ4n) is 3.14. The number of anilines is 1. The number of carbonyl (C=O) groups excluding carboxylic acids is 1. The lowest BCUT2D eigenvalue weighted by molar-refractivity contribution is -0.890. The van der Waals surface area contributed by atoms with Gasteiger partial charge in [-0.2, -0.15) is 0 Å². The van der Waals surface area contributed by atoms with Gasteiger partial charge in [0.25, 0.3) is 15.9 Å². The zero-order valence-corrected chi connectivity index (χ0v) is 19.9. The first kappa shape index (κ1) is 23.3. The Hall–Kier alpha value is -2.39. The summed E-state index contributed by atoms with van der Waals surface area (Å²) < 4.78 is 27.3. The molecule has 0 bridgehead atoms. The van der Waals surface area contributed by atoms with E-state index in [0.29, 0.717) is 22.8 Å². The van der Waals surface area contributed by atoms with Crippen LogP contribution in [0.2, 0.25) is 5.02 Å². The third kappa shape index (κ3) is 5.46. The molecule has 2 aromatic carbocycles. The Morgan fingerprint density at radius 2 is 1.87 bits per heavy atom. The summed E-state index contributed by atoms with van der Waals surface area (Å²) in [5, 5.41) is 5.39. The van der Waals surface area contributed by atoms with Crippen molar-refractivity contribution in [3.8, 4) is 0 Å². The first-order chi connectivity index (χ1) is 14.7. The number of thiophene rings is 1. The second-order valence-corrected chi connectivity index (χ2v) is 10.7.